The maximum atomic E-state index is 6.03. The van der Waals surface area contributed by atoms with Crippen molar-refractivity contribution in [3.8, 4) is 0 Å². The Labute approximate surface area is 116 Å². The van der Waals surface area contributed by atoms with E-state index in [2.05, 4.69) is 14.9 Å². The third-order valence-electron chi connectivity index (χ3n) is 3.25. The Balaban J connectivity index is 1.72. The summed E-state index contributed by atoms with van der Waals surface area (Å²) in [7, 11) is 0. The maximum Gasteiger partial charge on any atom is 0.0925 e. The van der Waals surface area contributed by atoms with E-state index in [1.54, 1.807) is 6.33 Å². The first-order valence-corrected chi connectivity index (χ1v) is 6.65. The van der Waals surface area contributed by atoms with Crippen LogP contribution in [0.15, 0.2) is 24.5 Å². The van der Waals surface area contributed by atoms with Crippen molar-refractivity contribution in [2.24, 2.45) is 0 Å². The van der Waals surface area contributed by atoms with E-state index >= 15 is 0 Å². The number of halogens is 2. The molecular formula is C13H13Cl2N3. The van der Waals surface area contributed by atoms with Crippen molar-refractivity contribution in [1.82, 2.24) is 14.9 Å². The van der Waals surface area contributed by atoms with Gasteiger partial charge in [0.25, 0.3) is 0 Å². The Morgan fingerprint density at radius 1 is 1.28 bits per heavy atom. The highest BCUT2D eigenvalue weighted by Crippen LogP contribution is 2.24. The monoisotopic (exact) mass is 281 g/mol. The van der Waals surface area contributed by atoms with Crippen LogP contribution in [0.1, 0.15) is 17.0 Å². The van der Waals surface area contributed by atoms with Gasteiger partial charge in [-0.05, 0) is 17.7 Å². The number of rotatable bonds is 2. The Kier molecular flexibility index (Phi) is 3.29. The number of aromatic amines is 1. The van der Waals surface area contributed by atoms with E-state index in [-0.39, 0.29) is 0 Å². The molecule has 0 fully saturated rings. The van der Waals surface area contributed by atoms with Crippen LogP contribution in [-0.2, 0) is 19.5 Å². The van der Waals surface area contributed by atoms with Crippen molar-refractivity contribution >= 4 is 23.2 Å². The van der Waals surface area contributed by atoms with Crippen molar-refractivity contribution < 1.29 is 0 Å². The molecule has 1 aromatic carbocycles. The molecule has 0 radical (unpaired) electrons. The Hall–Kier alpha value is -1.03. The maximum absolute atomic E-state index is 6.03. The molecule has 1 aromatic heterocycles. The second-order valence-electron chi connectivity index (χ2n) is 4.54. The molecule has 18 heavy (non-hydrogen) atoms. The zero-order valence-corrected chi connectivity index (χ0v) is 11.3. The molecule has 2 heterocycles. The van der Waals surface area contributed by atoms with Crippen LogP contribution in [0.5, 0.6) is 0 Å². The third kappa shape index (κ3) is 2.39. The molecule has 0 bridgehead atoms. The molecule has 94 valence electrons. The van der Waals surface area contributed by atoms with E-state index in [1.807, 2.05) is 18.2 Å². The van der Waals surface area contributed by atoms with E-state index < -0.39 is 0 Å². The topological polar surface area (TPSA) is 31.9 Å². The predicted octanol–water partition coefficient (Wildman–Crippen LogP) is 3.27. The van der Waals surface area contributed by atoms with Gasteiger partial charge in [0, 0.05) is 31.7 Å². The lowest BCUT2D eigenvalue weighted by molar-refractivity contribution is 0.241. The van der Waals surface area contributed by atoms with Gasteiger partial charge in [0.2, 0.25) is 0 Å². The summed E-state index contributed by atoms with van der Waals surface area (Å²) in [6, 6.07) is 5.81. The largest absolute Gasteiger partial charge is 0.348 e. The summed E-state index contributed by atoms with van der Waals surface area (Å²) in [6.45, 7) is 2.80. The van der Waals surface area contributed by atoms with Crippen LogP contribution in [-0.4, -0.2) is 21.4 Å². The van der Waals surface area contributed by atoms with Crippen molar-refractivity contribution in [2.75, 3.05) is 6.54 Å². The molecule has 5 heteroatoms. The molecule has 0 amide bonds. The van der Waals surface area contributed by atoms with Crippen LogP contribution in [0.2, 0.25) is 10.0 Å². The van der Waals surface area contributed by atoms with Crippen molar-refractivity contribution in [1.29, 1.82) is 0 Å². The van der Waals surface area contributed by atoms with Gasteiger partial charge in [0.05, 0.1) is 22.1 Å². The predicted molar refractivity (Wildman–Crippen MR) is 72.9 cm³/mol. The zero-order valence-electron chi connectivity index (χ0n) is 9.79. The normalized spacial score (nSPS) is 15.7. The number of nitrogens with zero attached hydrogens (tertiary/aromatic N) is 2. The Morgan fingerprint density at radius 2 is 2.17 bits per heavy atom. The average molecular weight is 282 g/mol. The summed E-state index contributed by atoms with van der Waals surface area (Å²) in [6.07, 6.45) is 2.80. The summed E-state index contributed by atoms with van der Waals surface area (Å²) < 4.78 is 0. The number of fused-ring (bicyclic) bond motifs is 1. The first-order chi connectivity index (χ1) is 8.72. The van der Waals surface area contributed by atoms with Gasteiger partial charge in [0.1, 0.15) is 0 Å². The smallest absolute Gasteiger partial charge is 0.0925 e. The van der Waals surface area contributed by atoms with E-state index in [9.17, 15) is 0 Å². The molecular weight excluding hydrogens is 269 g/mol. The SMILES string of the molecule is Clc1ccc(CN2CCc3[nH]cnc3C2)cc1Cl. The molecule has 1 aliphatic heterocycles. The second kappa shape index (κ2) is 4.92. The van der Waals surface area contributed by atoms with Crippen molar-refractivity contribution in [2.45, 2.75) is 19.5 Å². The van der Waals surface area contributed by atoms with Crippen LogP contribution in [0.3, 0.4) is 0 Å². The van der Waals surface area contributed by atoms with E-state index in [0.29, 0.717) is 10.0 Å². The third-order valence-corrected chi connectivity index (χ3v) is 3.99. The Morgan fingerprint density at radius 3 is 3.00 bits per heavy atom. The van der Waals surface area contributed by atoms with Gasteiger partial charge in [0.15, 0.2) is 0 Å². The lowest BCUT2D eigenvalue weighted by atomic mass is 10.1. The minimum Gasteiger partial charge on any atom is -0.348 e. The lowest BCUT2D eigenvalue weighted by Gasteiger charge is -2.26. The van der Waals surface area contributed by atoms with Gasteiger partial charge in [-0.3, -0.25) is 4.90 Å². The number of aromatic nitrogens is 2. The highest BCUT2D eigenvalue weighted by Gasteiger charge is 2.18. The van der Waals surface area contributed by atoms with Crippen LogP contribution in [0.4, 0.5) is 0 Å². The average Bonchev–Trinajstić information content (AvgIpc) is 2.81. The molecule has 0 unspecified atom stereocenters. The first kappa shape index (κ1) is 12.0. The molecule has 0 saturated carbocycles. The quantitative estimate of drug-likeness (QED) is 0.916. The number of H-pyrrole nitrogens is 1. The second-order valence-corrected chi connectivity index (χ2v) is 5.35. The molecule has 0 saturated heterocycles. The van der Waals surface area contributed by atoms with E-state index in [1.165, 1.54) is 11.3 Å². The standard InChI is InChI=1S/C13H13Cl2N3/c14-10-2-1-9(5-11(10)15)6-18-4-3-12-13(7-18)17-8-16-12/h1-2,5,8H,3-4,6-7H2,(H,16,17). The highest BCUT2D eigenvalue weighted by atomic mass is 35.5. The van der Waals surface area contributed by atoms with E-state index in [4.69, 9.17) is 23.2 Å². The van der Waals surface area contributed by atoms with Crippen LogP contribution < -0.4 is 0 Å². The summed E-state index contributed by atoms with van der Waals surface area (Å²) in [5.41, 5.74) is 3.60. The van der Waals surface area contributed by atoms with Crippen molar-refractivity contribution in [3.05, 3.63) is 51.5 Å². The minimum atomic E-state index is 0.605. The summed E-state index contributed by atoms with van der Waals surface area (Å²) >= 11 is 11.9. The Bertz CT molecular complexity index is 565. The molecule has 0 spiro atoms. The summed E-state index contributed by atoms with van der Waals surface area (Å²) in [4.78, 5) is 9.88. The lowest BCUT2D eigenvalue weighted by Crippen LogP contribution is -2.30. The van der Waals surface area contributed by atoms with Gasteiger partial charge in [-0.1, -0.05) is 29.3 Å². The van der Waals surface area contributed by atoms with Gasteiger partial charge in [-0.25, -0.2) is 4.98 Å². The molecule has 1 aliphatic rings. The first-order valence-electron chi connectivity index (χ1n) is 5.90. The minimum absolute atomic E-state index is 0.605. The van der Waals surface area contributed by atoms with Gasteiger partial charge >= 0.3 is 0 Å². The summed E-state index contributed by atoms with van der Waals surface area (Å²) in [5, 5.41) is 1.22. The number of benzene rings is 1. The fraction of sp³-hybridized carbons (Fsp3) is 0.308. The highest BCUT2D eigenvalue weighted by molar-refractivity contribution is 6.42. The molecule has 3 rings (SSSR count). The number of hydrogen-bond donors (Lipinski definition) is 1. The zero-order chi connectivity index (χ0) is 12.5. The van der Waals surface area contributed by atoms with Crippen LogP contribution >= 0.6 is 23.2 Å². The van der Waals surface area contributed by atoms with Gasteiger partial charge in [-0.2, -0.15) is 0 Å². The van der Waals surface area contributed by atoms with Crippen LogP contribution in [0, 0.1) is 0 Å². The molecule has 0 atom stereocenters. The molecule has 0 aliphatic carbocycles. The van der Waals surface area contributed by atoms with Gasteiger partial charge in [-0.15, -0.1) is 0 Å². The molecule has 3 nitrogen and oxygen atoms in total. The van der Waals surface area contributed by atoms with Crippen molar-refractivity contribution in [3.63, 3.8) is 0 Å². The number of imidazole rings is 1. The number of hydrogen-bond acceptors (Lipinski definition) is 2. The molecule has 2 aromatic rings. The van der Waals surface area contributed by atoms with E-state index in [0.717, 1.165) is 31.7 Å². The van der Waals surface area contributed by atoms with Gasteiger partial charge < -0.3 is 4.98 Å². The fourth-order valence-electron chi connectivity index (χ4n) is 2.29. The fourth-order valence-corrected chi connectivity index (χ4v) is 2.61. The number of nitrogens with one attached hydrogen (secondary N) is 1. The van der Waals surface area contributed by atoms with Crippen LogP contribution in [0.25, 0.3) is 0 Å². The molecule has 1 N–H and O–H groups in total. The summed E-state index contributed by atoms with van der Waals surface area (Å²) in [5.74, 6) is 0.